The van der Waals surface area contributed by atoms with Gasteiger partial charge in [-0.05, 0) is 24.6 Å². The van der Waals surface area contributed by atoms with Crippen molar-refractivity contribution in [2.75, 3.05) is 19.6 Å². The summed E-state index contributed by atoms with van der Waals surface area (Å²) >= 11 is 0. The molecule has 0 saturated carbocycles. The standard InChI is InChI=1S/C14H15FN2O4/c1-2-16-5-6-17(13(19)12(16)18)8-9-3-4-10(14(20)21)11(15)7-9/h3-4,7H,2,5-6,8H2,1H3,(H,20,21). The van der Waals surface area contributed by atoms with Crippen LogP contribution in [0.1, 0.15) is 22.8 Å². The molecule has 1 saturated heterocycles. The molecule has 0 unspecified atom stereocenters. The summed E-state index contributed by atoms with van der Waals surface area (Å²) < 4.78 is 13.6. The molecule has 1 aromatic carbocycles. The van der Waals surface area contributed by atoms with E-state index in [9.17, 15) is 18.8 Å². The molecule has 1 aromatic rings. The van der Waals surface area contributed by atoms with E-state index in [0.717, 1.165) is 12.1 Å². The number of carboxylic acid groups (broad SMARTS) is 1. The van der Waals surface area contributed by atoms with E-state index in [2.05, 4.69) is 0 Å². The van der Waals surface area contributed by atoms with Gasteiger partial charge in [0.25, 0.3) is 0 Å². The summed E-state index contributed by atoms with van der Waals surface area (Å²) in [6.07, 6.45) is 0. The summed E-state index contributed by atoms with van der Waals surface area (Å²) in [4.78, 5) is 37.2. The van der Waals surface area contributed by atoms with Crippen molar-refractivity contribution < 1.29 is 23.9 Å². The fourth-order valence-electron chi connectivity index (χ4n) is 2.22. The van der Waals surface area contributed by atoms with Crippen molar-refractivity contribution in [3.8, 4) is 0 Å². The summed E-state index contributed by atoms with van der Waals surface area (Å²) in [6.45, 7) is 3.16. The van der Waals surface area contributed by atoms with Crippen LogP contribution in [-0.4, -0.2) is 52.3 Å². The smallest absolute Gasteiger partial charge is 0.338 e. The number of carboxylic acids is 1. The van der Waals surface area contributed by atoms with Gasteiger partial charge in [0.15, 0.2) is 0 Å². The van der Waals surface area contributed by atoms with Gasteiger partial charge in [0, 0.05) is 26.2 Å². The molecule has 0 radical (unpaired) electrons. The van der Waals surface area contributed by atoms with Gasteiger partial charge in [-0.25, -0.2) is 9.18 Å². The van der Waals surface area contributed by atoms with E-state index in [1.165, 1.54) is 15.9 Å². The third kappa shape index (κ3) is 3.01. The highest BCUT2D eigenvalue weighted by molar-refractivity contribution is 6.35. The number of piperazine rings is 1. The highest BCUT2D eigenvalue weighted by Gasteiger charge is 2.31. The van der Waals surface area contributed by atoms with Crippen LogP contribution in [0.4, 0.5) is 4.39 Å². The molecule has 0 aromatic heterocycles. The molecule has 1 aliphatic heterocycles. The van der Waals surface area contributed by atoms with Crippen LogP contribution in [0.5, 0.6) is 0 Å². The maximum Gasteiger partial charge on any atom is 0.338 e. The lowest BCUT2D eigenvalue weighted by Gasteiger charge is -2.33. The first kappa shape index (κ1) is 15.0. The largest absolute Gasteiger partial charge is 0.478 e. The maximum absolute atomic E-state index is 13.6. The molecule has 112 valence electrons. The number of likely N-dealkylation sites (N-methyl/N-ethyl adjacent to an activating group) is 1. The number of nitrogens with zero attached hydrogens (tertiary/aromatic N) is 2. The van der Waals surface area contributed by atoms with Crippen molar-refractivity contribution in [1.82, 2.24) is 9.80 Å². The number of hydrogen-bond donors (Lipinski definition) is 1. The van der Waals surface area contributed by atoms with E-state index < -0.39 is 29.2 Å². The highest BCUT2D eigenvalue weighted by atomic mass is 19.1. The maximum atomic E-state index is 13.6. The van der Waals surface area contributed by atoms with Gasteiger partial charge in [0.1, 0.15) is 5.82 Å². The molecule has 0 bridgehead atoms. The highest BCUT2D eigenvalue weighted by Crippen LogP contribution is 2.14. The zero-order valence-electron chi connectivity index (χ0n) is 11.5. The molecule has 0 aliphatic carbocycles. The van der Waals surface area contributed by atoms with E-state index in [0.29, 0.717) is 25.2 Å². The third-order valence-corrected chi connectivity index (χ3v) is 3.42. The zero-order chi connectivity index (χ0) is 15.6. The first-order chi connectivity index (χ1) is 9.93. The van der Waals surface area contributed by atoms with Crippen LogP contribution in [0.25, 0.3) is 0 Å². The zero-order valence-corrected chi connectivity index (χ0v) is 11.5. The molecule has 2 amide bonds. The number of amides is 2. The molecule has 2 rings (SSSR count). The lowest BCUT2D eigenvalue weighted by molar-refractivity contribution is -0.156. The number of hydrogen-bond acceptors (Lipinski definition) is 3. The average Bonchev–Trinajstić information content (AvgIpc) is 2.44. The molecule has 7 heteroatoms. The Balaban J connectivity index is 2.12. The molecule has 1 heterocycles. The first-order valence-electron chi connectivity index (χ1n) is 6.54. The van der Waals surface area contributed by atoms with Crippen LogP contribution >= 0.6 is 0 Å². The Morgan fingerprint density at radius 2 is 1.86 bits per heavy atom. The van der Waals surface area contributed by atoms with Gasteiger partial charge in [-0.1, -0.05) is 6.07 Å². The van der Waals surface area contributed by atoms with Crippen molar-refractivity contribution in [3.63, 3.8) is 0 Å². The second-order valence-corrected chi connectivity index (χ2v) is 4.73. The summed E-state index contributed by atoms with van der Waals surface area (Å²) in [7, 11) is 0. The predicted molar refractivity (Wildman–Crippen MR) is 71.0 cm³/mol. The minimum Gasteiger partial charge on any atom is -0.478 e. The second kappa shape index (κ2) is 5.90. The number of benzene rings is 1. The third-order valence-electron chi connectivity index (χ3n) is 3.42. The van der Waals surface area contributed by atoms with Crippen molar-refractivity contribution >= 4 is 17.8 Å². The minimum atomic E-state index is -1.35. The molecule has 1 aliphatic rings. The second-order valence-electron chi connectivity index (χ2n) is 4.73. The SMILES string of the molecule is CCN1CCN(Cc2ccc(C(=O)O)c(F)c2)C(=O)C1=O. The Morgan fingerprint density at radius 3 is 2.43 bits per heavy atom. The van der Waals surface area contributed by atoms with Crippen molar-refractivity contribution in [2.45, 2.75) is 13.5 Å². The molecular formula is C14H15FN2O4. The van der Waals surface area contributed by atoms with Crippen molar-refractivity contribution in [1.29, 1.82) is 0 Å². The van der Waals surface area contributed by atoms with Crippen LogP contribution < -0.4 is 0 Å². The normalized spacial score (nSPS) is 15.5. The molecular weight excluding hydrogens is 279 g/mol. The van der Waals surface area contributed by atoms with Crippen LogP contribution in [0.15, 0.2) is 18.2 Å². The Labute approximate surface area is 120 Å². The van der Waals surface area contributed by atoms with Crippen LogP contribution in [0.3, 0.4) is 0 Å². The van der Waals surface area contributed by atoms with Gasteiger partial charge in [0.05, 0.1) is 5.56 Å². The topological polar surface area (TPSA) is 77.9 Å². The van der Waals surface area contributed by atoms with Gasteiger partial charge < -0.3 is 14.9 Å². The summed E-state index contributed by atoms with van der Waals surface area (Å²) in [6, 6.07) is 3.67. The van der Waals surface area contributed by atoms with Crippen molar-refractivity contribution in [3.05, 3.63) is 35.1 Å². The summed E-state index contributed by atoms with van der Waals surface area (Å²) in [5.74, 6) is -3.38. The van der Waals surface area contributed by atoms with E-state index in [4.69, 9.17) is 5.11 Å². The van der Waals surface area contributed by atoms with Gasteiger partial charge in [-0.15, -0.1) is 0 Å². The van der Waals surface area contributed by atoms with Gasteiger partial charge in [-0.3, -0.25) is 9.59 Å². The fraction of sp³-hybridized carbons (Fsp3) is 0.357. The number of halogens is 1. The minimum absolute atomic E-state index is 0.0823. The van der Waals surface area contributed by atoms with Gasteiger partial charge in [0.2, 0.25) is 0 Å². The fourth-order valence-corrected chi connectivity index (χ4v) is 2.22. The lowest BCUT2D eigenvalue weighted by atomic mass is 10.1. The molecule has 0 atom stereocenters. The van der Waals surface area contributed by atoms with Crippen molar-refractivity contribution in [2.24, 2.45) is 0 Å². The molecule has 1 fully saturated rings. The molecule has 21 heavy (non-hydrogen) atoms. The van der Waals surface area contributed by atoms with E-state index in [1.54, 1.807) is 6.92 Å². The average molecular weight is 294 g/mol. The first-order valence-corrected chi connectivity index (χ1v) is 6.54. The lowest BCUT2D eigenvalue weighted by Crippen LogP contribution is -2.53. The number of aromatic carboxylic acids is 1. The van der Waals surface area contributed by atoms with Gasteiger partial charge >= 0.3 is 17.8 Å². The number of rotatable bonds is 4. The van der Waals surface area contributed by atoms with E-state index in [-0.39, 0.29) is 6.54 Å². The van der Waals surface area contributed by atoms with Crippen LogP contribution in [0, 0.1) is 5.82 Å². The van der Waals surface area contributed by atoms with Crippen LogP contribution in [0.2, 0.25) is 0 Å². The Hall–Kier alpha value is -2.44. The number of carbonyl (C=O) groups is 3. The Bertz CT molecular complexity index is 603. The predicted octanol–water partition coefficient (Wildman–Crippen LogP) is 0.715. The monoisotopic (exact) mass is 294 g/mol. The quantitative estimate of drug-likeness (QED) is 0.830. The summed E-state index contributed by atoms with van der Waals surface area (Å²) in [5, 5.41) is 8.76. The Kier molecular flexibility index (Phi) is 4.21. The summed E-state index contributed by atoms with van der Waals surface area (Å²) in [5.41, 5.74) is 0.0283. The molecule has 1 N–H and O–H groups in total. The van der Waals surface area contributed by atoms with E-state index >= 15 is 0 Å². The van der Waals surface area contributed by atoms with Crippen LogP contribution in [-0.2, 0) is 16.1 Å². The Morgan fingerprint density at radius 1 is 1.24 bits per heavy atom. The van der Waals surface area contributed by atoms with E-state index in [1.807, 2.05) is 0 Å². The van der Waals surface area contributed by atoms with Gasteiger partial charge in [-0.2, -0.15) is 0 Å². The number of carbonyl (C=O) groups excluding carboxylic acids is 2. The molecule has 6 nitrogen and oxygen atoms in total. The molecule has 0 spiro atoms.